The summed E-state index contributed by atoms with van der Waals surface area (Å²) in [4.78, 5) is 26.7. The van der Waals surface area contributed by atoms with Gasteiger partial charge >= 0.3 is 6.03 Å². The van der Waals surface area contributed by atoms with Crippen molar-refractivity contribution in [2.75, 3.05) is 20.3 Å². The van der Waals surface area contributed by atoms with Crippen molar-refractivity contribution in [2.24, 2.45) is 0 Å². The molecule has 0 aliphatic carbocycles. The van der Waals surface area contributed by atoms with Crippen LogP contribution in [0.2, 0.25) is 0 Å². The number of carbonyl (C=O) groups is 2. The van der Waals surface area contributed by atoms with Crippen LogP contribution in [0.25, 0.3) is 0 Å². The van der Waals surface area contributed by atoms with Gasteiger partial charge < -0.3 is 14.8 Å². The lowest BCUT2D eigenvalue weighted by Gasteiger charge is -2.23. The quantitative estimate of drug-likeness (QED) is 0.719. The zero-order valence-electron chi connectivity index (χ0n) is 17.6. The monoisotopic (exact) mass is 396 g/mol. The highest BCUT2D eigenvalue weighted by Gasteiger charge is 2.48. The zero-order valence-corrected chi connectivity index (χ0v) is 17.6. The molecule has 2 aromatic carbocycles. The van der Waals surface area contributed by atoms with Gasteiger partial charge in [-0.1, -0.05) is 32.0 Å². The maximum absolute atomic E-state index is 13.0. The smallest absolute Gasteiger partial charge is 0.325 e. The molecule has 0 saturated carbocycles. The molecule has 0 spiro atoms. The van der Waals surface area contributed by atoms with Gasteiger partial charge in [0.25, 0.3) is 5.91 Å². The minimum atomic E-state index is -1.10. The molecule has 3 rings (SSSR count). The Kier molecular flexibility index (Phi) is 5.82. The molecule has 6 heteroatoms. The first kappa shape index (κ1) is 20.7. The highest BCUT2D eigenvalue weighted by Crippen LogP contribution is 2.31. The third-order valence-electron chi connectivity index (χ3n) is 5.38. The first-order chi connectivity index (χ1) is 13.8. The van der Waals surface area contributed by atoms with Gasteiger partial charge in [-0.3, -0.25) is 9.69 Å². The fourth-order valence-corrected chi connectivity index (χ4v) is 3.49. The molecule has 6 nitrogen and oxygen atoms in total. The van der Waals surface area contributed by atoms with Gasteiger partial charge in [-0.25, -0.2) is 4.79 Å². The Bertz CT molecular complexity index is 908. The molecule has 1 aliphatic rings. The molecule has 3 amide bonds. The van der Waals surface area contributed by atoms with Gasteiger partial charge in [-0.15, -0.1) is 0 Å². The minimum Gasteiger partial charge on any atom is -0.496 e. The van der Waals surface area contributed by atoms with E-state index < -0.39 is 11.6 Å². The number of ether oxygens (including phenoxy) is 2. The first-order valence-electron chi connectivity index (χ1n) is 9.78. The number of nitrogens with zero attached hydrogens (tertiary/aromatic N) is 1. The van der Waals surface area contributed by atoms with Gasteiger partial charge in [-0.2, -0.15) is 0 Å². The van der Waals surface area contributed by atoms with Crippen molar-refractivity contribution >= 4 is 11.9 Å². The van der Waals surface area contributed by atoms with Crippen LogP contribution in [-0.2, 0) is 10.3 Å². The highest BCUT2D eigenvalue weighted by atomic mass is 16.5. The summed E-state index contributed by atoms with van der Waals surface area (Å²) in [5, 5.41) is 2.82. The Morgan fingerprint density at radius 2 is 1.79 bits per heavy atom. The largest absolute Gasteiger partial charge is 0.496 e. The summed E-state index contributed by atoms with van der Waals surface area (Å²) in [6.45, 7) is 8.31. The molecule has 29 heavy (non-hydrogen) atoms. The third-order valence-corrected chi connectivity index (χ3v) is 5.38. The second-order valence-corrected chi connectivity index (χ2v) is 7.77. The van der Waals surface area contributed by atoms with Gasteiger partial charge in [0.2, 0.25) is 0 Å². The lowest BCUT2D eigenvalue weighted by atomic mass is 9.90. The summed E-state index contributed by atoms with van der Waals surface area (Å²) in [5.41, 5.74) is 1.76. The number of aryl methyl sites for hydroxylation is 1. The van der Waals surface area contributed by atoms with Gasteiger partial charge in [-0.05, 0) is 60.7 Å². The summed E-state index contributed by atoms with van der Waals surface area (Å²) in [6.07, 6.45) is 0. The van der Waals surface area contributed by atoms with Gasteiger partial charge in [0.05, 0.1) is 13.7 Å². The van der Waals surface area contributed by atoms with E-state index in [-0.39, 0.29) is 19.1 Å². The number of carbonyl (C=O) groups excluding carboxylic acids is 2. The van der Waals surface area contributed by atoms with E-state index in [1.165, 1.54) is 10.5 Å². The number of rotatable bonds is 7. The topological polar surface area (TPSA) is 67.9 Å². The molecular formula is C23H28N2O4. The third kappa shape index (κ3) is 4.06. The number of amides is 3. The van der Waals surface area contributed by atoms with E-state index in [1.807, 2.05) is 43.3 Å². The van der Waals surface area contributed by atoms with Crippen molar-refractivity contribution in [2.45, 2.75) is 39.2 Å². The molecule has 1 aliphatic heterocycles. The van der Waals surface area contributed by atoms with Crippen LogP contribution in [0, 0.1) is 6.92 Å². The zero-order chi connectivity index (χ0) is 21.2. The average molecular weight is 396 g/mol. The fourth-order valence-electron chi connectivity index (χ4n) is 3.49. The summed E-state index contributed by atoms with van der Waals surface area (Å²) in [7, 11) is 1.60. The van der Waals surface area contributed by atoms with E-state index in [1.54, 1.807) is 20.1 Å². The number of hydrogen-bond acceptors (Lipinski definition) is 4. The molecule has 1 atom stereocenters. The highest BCUT2D eigenvalue weighted by molar-refractivity contribution is 6.07. The number of urea groups is 1. The number of methoxy groups -OCH3 is 1. The normalized spacial score (nSPS) is 18.9. The number of hydrogen-bond donors (Lipinski definition) is 1. The van der Waals surface area contributed by atoms with Crippen LogP contribution in [0.1, 0.15) is 43.4 Å². The van der Waals surface area contributed by atoms with Gasteiger partial charge in [0.15, 0.2) is 0 Å². The lowest BCUT2D eigenvalue weighted by molar-refractivity contribution is -0.131. The van der Waals surface area contributed by atoms with Crippen LogP contribution in [0.5, 0.6) is 11.5 Å². The molecule has 1 unspecified atom stereocenters. The van der Waals surface area contributed by atoms with E-state index in [0.29, 0.717) is 5.92 Å². The van der Waals surface area contributed by atoms with Crippen molar-refractivity contribution in [1.29, 1.82) is 0 Å². The Hall–Kier alpha value is -3.02. The molecule has 154 valence electrons. The van der Waals surface area contributed by atoms with Crippen molar-refractivity contribution in [3.05, 3.63) is 59.2 Å². The predicted molar refractivity (Wildman–Crippen MR) is 111 cm³/mol. The Balaban J connectivity index is 1.66. The molecule has 1 heterocycles. The molecule has 0 bridgehead atoms. The van der Waals surface area contributed by atoms with E-state index in [0.717, 1.165) is 22.6 Å². The Morgan fingerprint density at radius 3 is 2.38 bits per heavy atom. The van der Waals surface area contributed by atoms with Crippen molar-refractivity contribution < 1.29 is 19.1 Å². The summed E-state index contributed by atoms with van der Waals surface area (Å²) < 4.78 is 11.0. The molecule has 1 saturated heterocycles. The van der Waals surface area contributed by atoms with Crippen LogP contribution >= 0.6 is 0 Å². The number of imide groups is 1. The van der Waals surface area contributed by atoms with Crippen molar-refractivity contribution in [3.63, 3.8) is 0 Å². The number of nitrogens with one attached hydrogen (secondary N) is 1. The maximum atomic E-state index is 13.0. The number of benzene rings is 2. The second-order valence-electron chi connectivity index (χ2n) is 7.77. The van der Waals surface area contributed by atoms with Crippen LogP contribution in [0.3, 0.4) is 0 Å². The lowest BCUT2D eigenvalue weighted by Crippen LogP contribution is -2.41. The van der Waals surface area contributed by atoms with E-state index in [2.05, 4.69) is 19.2 Å². The van der Waals surface area contributed by atoms with Crippen molar-refractivity contribution in [3.8, 4) is 11.5 Å². The molecule has 1 N–H and O–H groups in total. The van der Waals surface area contributed by atoms with Crippen LogP contribution in [0.15, 0.2) is 42.5 Å². The van der Waals surface area contributed by atoms with E-state index in [4.69, 9.17) is 9.47 Å². The van der Waals surface area contributed by atoms with Crippen LogP contribution < -0.4 is 14.8 Å². The van der Waals surface area contributed by atoms with Crippen LogP contribution in [-0.4, -0.2) is 37.1 Å². The molecular weight excluding hydrogens is 368 g/mol. The van der Waals surface area contributed by atoms with E-state index in [9.17, 15) is 9.59 Å². The predicted octanol–water partition coefficient (Wildman–Crippen LogP) is 3.97. The molecule has 1 fully saturated rings. The van der Waals surface area contributed by atoms with Crippen molar-refractivity contribution in [1.82, 2.24) is 10.2 Å². The summed E-state index contributed by atoms with van der Waals surface area (Å²) in [5.74, 6) is 1.62. The maximum Gasteiger partial charge on any atom is 0.325 e. The molecule has 2 aromatic rings. The van der Waals surface area contributed by atoms with Crippen LogP contribution in [0.4, 0.5) is 4.79 Å². The second kappa shape index (κ2) is 8.15. The van der Waals surface area contributed by atoms with E-state index >= 15 is 0 Å². The standard InChI is InChI=1S/C23H28N2O4/c1-15(2)17-6-9-19(10-7-17)29-13-12-25-21(26)23(4,24-22(25)27)18-8-11-20(28-5)16(3)14-18/h6-11,14-15H,12-13H2,1-5H3,(H,24,27). The summed E-state index contributed by atoms with van der Waals surface area (Å²) in [6, 6.07) is 12.9. The molecule has 0 radical (unpaired) electrons. The molecule has 0 aromatic heterocycles. The minimum absolute atomic E-state index is 0.182. The fraction of sp³-hybridized carbons (Fsp3) is 0.391. The SMILES string of the molecule is COc1ccc(C2(C)NC(=O)N(CCOc3ccc(C(C)C)cc3)C2=O)cc1C. The summed E-state index contributed by atoms with van der Waals surface area (Å²) >= 11 is 0. The first-order valence-corrected chi connectivity index (χ1v) is 9.78. The van der Waals surface area contributed by atoms with Gasteiger partial charge in [0, 0.05) is 0 Å². The Morgan fingerprint density at radius 1 is 1.10 bits per heavy atom. The average Bonchev–Trinajstić information content (AvgIpc) is 2.92. The van der Waals surface area contributed by atoms with Gasteiger partial charge in [0.1, 0.15) is 23.6 Å². The Labute approximate surface area is 171 Å².